The molecule has 1 fully saturated rings. The number of aliphatic hydroxyl groups is 1. The molecule has 0 heterocycles. The van der Waals surface area contributed by atoms with E-state index >= 15 is 0 Å². The first-order chi connectivity index (χ1) is 22.3. The number of hydrogen-bond acceptors (Lipinski definition) is 8. The third-order valence-electron chi connectivity index (χ3n) is 7.09. The highest BCUT2D eigenvalue weighted by atomic mass is 19.1. The zero-order valence-electron chi connectivity index (χ0n) is 24.9. The average molecular weight is 655 g/mol. The standard InChI is InChI=1S/C31H32F2N6O8/c1-17(26(34)40)35-27(41)31(45)15-23(39-28(42)38-22-13-12-18(32)14-21(22)33)25(47-30(44)37-20-10-6-3-7-11-20)24(16-31)46-29(43)36-19-8-4-2-5-9-19/h2-14,17,23-25,45H,15-16H2,1H3,(H2,34,40)(H,35,41)(H,36,43)(H,37,44)(H2,38,39,42)/t17-,23+,24-,25-,31+/m1/s1. The zero-order valence-corrected chi connectivity index (χ0v) is 24.9. The summed E-state index contributed by atoms with van der Waals surface area (Å²) >= 11 is 0. The summed E-state index contributed by atoms with van der Waals surface area (Å²) in [7, 11) is 0. The number of ether oxygens (including phenoxy) is 2. The Hall–Kier alpha value is -5.77. The van der Waals surface area contributed by atoms with Gasteiger partial charge in [0.25, 0.3) is 5.91 Å². The van der Waals surface area contributed by atoms with Crippen LogP contribution in [-0.2, 0) is 19.1 Å². The van der Waals surface area contributed by atoms with Gasteiger partial charge in [0.2, 0.25) is 5.91 Å². The number of carbonyl (C=O) groups is 5. The molecule has 0 aliphatic heterocycles. The molecule has 248 valence electrons. The van der Waals surface area contributed by atoms with Crippen LogP contribution in [0.3, 0.4) is 0 Å². The van der Waals surface area contributed by atoms with Gasteiger partial charge in [0.15, 0.2) is 6.10 Å². The molecule has 0 spiro atoms. The van der Waals surface area contributed by atoms with Crippen molar-refractivity contribution in [3.63, 3.8) is 0 Å². The Labute approximate surface area is 267 Å². The first kappa shape index (κ1) is 34.1. The van der Waals surface area contributed by atoms with Gasteiger partial charge in [0, 0.05) is 30.3 Å². The molecule has 6 amide bonds. The lowest BCUT2D eigenvalue weighted by atomic mass is 9.77. The van der Waals surface area contributed by atoms with Crippen LogP contribution in [0, 0.1) is 11.6 Å². The fourth-order valence-corrected chi connectivity index (χ4v) is 4.78. The minimum Gasteiger partial charge on any atom is -0.442 e. The molecule has 1 aliphatic carbocycles. The van der Waals surface area contributed by atoms with Crippen LogP contribution >= 0.6 is 0 Å². The van der Waals surface area contributed by atoms with E-state index in [2.05, 4.69) is 26.6 Å². The van der Waals surface area contributed by atoms with Gasteiger partial charge in [-0.25, -0.2) is 23.2 Å². The van der Waals surface area contributed by atoms with Crippen molar-refractivity contribution < 1.29 is 47.3 Å². The Morgan fingerprint density at radius 3 is 1.98 bits per heavy atom. The molecule has 1 aliphatic rings. The quantitative estimate of drug-likeness (QED) is 0.182. The number of anilines is 3. The normalized spacial score (nSPS) is 20.9. The summed E-state index contributed by atoms with van der Waals surface area (Å²) in [5.74, 6) is -4.02. The molecule has 3 aromatic carbocycles. The average Bonchev–Trinajstić information content (AvgIpc) is 3.01. The van der Waals surface area contributed by atoms with Crippen LogP contribution in [0.4, 0.5) is 40.2 Å². The molecule has 0 saturated heterocycles. The van der Waals surface area contributed by atoms with Crippen LogP contribution in [0.15, 0.2) is 78.9 Å². The van der Waals surface area contributed by atoms with Crippen molar-refractivity contribution in [2.45, 2.75) is 49.7 Å². The van der Waals surface area contributed by atoms with Gasteiger partial charge >= 0.3 is 18.2 Å². The smallest absolute Gasteiger partial charge is 0.412 e. The summed E-state index contributed by atoms with van der Waals surface area (Å²) in [6.45, 7) is 1.27. The second kappa shape index (κ2) is 15.0. The first-order valence-corrected chi connectivity index (χ1v) is 14.2. The largest absolute Gasteiger partial charge is 0.442 e. The number of halogens is 2. The number of carbonyl (C=O) groups excluding carboxylic acids is 5. The fourth-order valence-electron chi connectivity index (χ4n) is 4.78. The Balaban J connectivity index is 1.65. The highest BCUT2D eigenvalue weighted by molar-refractivity contribution is 5.92. The summed E-state index contributed by atoms with van der Waals surface area (Å²) in [5, 5.41) is 23.4. The number of nitrogens with two attached hydrogens (primary N) is 1. The fraction of sp³-hybridized carbons (Fsp3) is 0.258. The molecule has 47 heavy (non-hydrogen) atoms. The second-order valence-corrected chi connectivity index (χ2v) is 10.7. The van der Waals surface area contributed by atoms with Gasteiger partial charge in [-0.1, -0.05) is 36.4 Å². The number of primary amides is 1. The molecular weight excluding hydrogens is 622 g/mol. The van der Waals surface area contributed by atoms with Crippen molar-refractivity contribution in [1.29, 1.82) is 0 Å². The highest BCUT2D eigenvalue weighted by Gasteiger charge is 2.53. The molecule has 4 rings (SSSR count). The van der Waals surface area contributed by atoms with E-state index in [1.807, 2.05) is 0 Å². The van der Waals surface area contributed by atoms with E-state index in [-0.39, 0.29) is 0 Å². The highest BCUT2D eigenvalue weighted by Crippen LogP contribution is 2.34. The lowest BCUT2D eigenvalue weighted by Gasteiger charge is -2.44. The van der Waals surface area contributed by atoms with Crippen LogP contribution in [0.5, 0.6) is 0 Å². The summed E-state index contributed by atoms with van der Waals surface area (Å²) < 4.78 is 38.9. The minimum atomic E-state index is -2.43. The lowest BCUT2D eigenvalue weighted by molar-refractivity contribution is -0.158. The summed E-state index contributed by atoms with van der Waals surface area (Å²) in [4.78, 5) is 64.0. The maximum Gasteiger partial charge on any atom is 0.412 e. The Morgan fingerprint density at radius 2 is 1.43 bits per heavy atom. The number of amides is 6. The van der Waals surface area contributed by atoms with Gasteiger partial charge in [-0.3, -0.25) is 20.2 Å². The van der Waals surface area contributed by atoms with E-state index in [9.17, 15) is 37.9 Å². The molecule has 0 radical (unpaired) electrons. The van der Waals surface area contributed by atoms with Crippen molar-refractivity contribution in [3.05, 3.63) is 90.5 Å². The Kier molecular flexibility index (Phi) is 10.9. The lowest BCUT2D eigenvalue weighted by Crippen LogP contribution is -2.65. The molecule has 0 aromatic heterocycles. The van der Waals surface area contributed by atoms with Gasteiger partial charge in [0.05, 0.1) is 11.7 Å². The molecule has 3 aromatic rings. The predicted molar refractivity (Wildman–Crippen MR) is 164 cm³/mol. The number of nitrogens with one attached hydrogen (secondary N) is 5. The monoisotopic (exact) mass is 654 g/mol. The van der Waals surface area contributed by atoms with Crippen LogP contribution in [0.2, 0.25) is 0 Å². The number of rotatable bonds is 9. The summed E-state index contributed by atoms with van der Waals surface area (Å²) in [6, 6.07) is 14.8. The topological polar surface area (TPSA) is 210 Å². The van der Waals surface area contributed by atoms with E-state index < -0.39 is 90.1 Å². The van der Waals surface area contributed by atoms with Gasteiger partial charge in [0.1, 0.15) is 29.4 Å². The summed E-state index contributed by atoms with van der Waals surface area (Å²) in [5.41, 5.74) is 3.06. The van der Waals surface area contributed by atoms with Crippen molar-refractivity contribution in [2.24, 2.45) is 5.73 Å². The Morgan fingerprint density at radius 1 is 0.851 bits per heavy atom. The molecular formula is C31H32F2N6O8. The number of urea groups is 1. The molecule has 0 bridgehead atoms. The van der Waals surface area contributed by atoms with E-state index in [0.29, 0.717) is 17.4 Å². The maximum atomic E-state index is 14.3. The van der Waals surface area contributed by atoms with Crippen LogP contribution in [0.25, 0.3) is 0 Å². The number of benzene rings is 3. The minimum absolute atomic E-state index is 0.325. The third kappa shape index (κ3) is 9.37. The van der Waals surface area contributed by atoms with Crippen molar-refractivity contribution in [2.75, 3.05) is 16.0 Å². The molecule has 5 atom stereocenters. The predicted octanol–water partition coefficient (Wildman–Crippen LogP) is 3.20. The molecule has 0 unspecified atom stereocenters. The Bertz CT molecular complexity index is 1620. The van der Waals surface area contributed by atoms with Crippen molar-refractivity contribution in [3.8, 4) is 0 Å². The molecule has 16 heteroatoms. The first-order valence-electron chi connectivity index (χ1n) is 14.2. The van der Waals surface area contributed by atoms with Crippen molar-refractivity contribution >= 4 is 47.1 Å². The van der Waals surface area contributed by atoms with Crippen molar-refractivity contribution in [1.82, 2.24) is 10.6 Å². The maximum absolute atomic E-state index is 14.3. The van der Waals surface area contributed by atoms with Gasteiger partial charge < -0.3 is 36.3 Å². The SMILES string of the molecule is C[C@@H](NC(=O)[C@]1(O)C[C@H](NC(=O)Nc2ccc(F)cc2F)[C@@H](OC(=O)Nc2ccccc2)[C@H](OC(=O)Nc2ccccc2)C1)C(N)=O. The summed E-state index contributed by atoms with van der Waals surface area (Å²) in [6.07, 6.45) is -6.57. The number of hydrogen-bond donors (Lipinski definition) is 7. The van der Waals surface area contributed by atoms with Crippen LogP contribution in [-0.4, -0.2) is 65.0 Å². The van der Waals surface area contributed by atoms with E-state index in [0.717, 1.165) is 12.1 Å². The van der Waals surface area contributed by atoms with E-state index in [1.54, 1.807) is 60.7 Å². The third-order valence-corrected chi connectivity index (χ3v) is 7.09. The zero-order chi connectivity index (χ0) is 34.1. The number of para-hydroxylation sites is 2. The van der Waals surface area contributed by atoms with Gasteiger partial charge in [-0.15, -0.1) is 0 Å². The van der Waals surface area contributed by atoms with Gasteiger partial charge in [-0.2, -0.15) is 0 Å². The van der Waals surface area contributed by atoms with E-state index in [1.165, 1.54) is 6.92 Å². The molecule has 8 N–H and O–H groups in total. The van der Waals surface area contributed by atoms with Crippen LogP contribution < -0.4 is 32.3 Å². The van der Waals surface area contributed by atoms with Crippen LogP contribution in [0.1, 0.15) is 19.8 Å². The molecule has 14 nitrogen and oxygen atoms in total. The second-order valence-electron chi connectivity index (χ2n) is 10.7. The van der Waals surface area contributed by atoms with E-state index in [4.69, 9.17) is 15.2 Å². The van der Waals surface area contributed by atoms with Gasteiger partial charge in [-0.05, 0) is 43.3 Å². The molecule has 1 saturated carbocycles.